The van der Waals surface area contributed by atoms with Crippen LogP contribution in [0.25, 0.3) is 0 Å². The molecule has 2 unspecified atom stereocenters. The lowest BCUT2D eigenvalue weighted by atomic mass is 10.0. The molecule has 1 aromatic heterocycles. The summed E-state index contributed by atoms with van der Waals surface area (Å²) in [5, 5.41) is 10.0. The summed E-state index contributed by atoms with van der Waals surface area (Å²) in [5.74, 6) is 0.203. The smallest absolute Gasteiger partial charge is 0.252 e. The highest BCUT2D eigenvalue weighted by molar-refractivity contribution is 7.91. The molecule has 2 amide bonds. The molecule has 27 heavy (non-hydrogen) atoms. The molecule has 0 aliphatic carbocycles. The maximum absolute atomic E-state index is 12.6. The Morgan fingerprint density at radius 2 is 2.15 bits per heavy atom. The van der Waals surface area contributed by atoms with Crippen molar-refractivity contribution in [3.05, 3.63) is 47.2 Å². The standard InChI is InChI=1S/C18H20N4O4S/c1-11-8-16(22(21-11)12-6-7-27(25,26)10-12)20-17(23)9-15-13-4-2-3-5-14(13)18(24)19-15/h2-5,8,12,15H,6-7,9-10H2,1H3,(H,19,24)(H,20,23). The van der Waals surface area contributed by atoms with E-state index >= 15 is 0 Å². The molecule has 0 saturated carbocycles. The van der Waals surface area contributed by atoms with E-state index in [1.807, 2.05) is 12.1 Å². The number of benzene rings is 1. The van der Waals surface area contributed by atoms with Gasteiger partial charge in [-0.25, -0.2) is 13.1 Å². The van der Waals surface area contributed by atoms with Crippen LogP contribution in [0.15, 0.2) is 30.3 Å². The van der Waals surface area contributed by atoms with Gasteiger partial charge >= 0.3 is 0 Å². The number of hydrogen-bond donors (Lipinski definition) is 2. The minimum Gasteiger partial charge on any atom is -0.345 e. The summed E-state index contributed by atoms with van der Waals surface area (Å²) in [6, 6.07) is 8.28. The second kappa shape index (κ2) is 6.49. The largest absolute Gasteiger partial charge is 0.345 e. The molecule has 2 atom stereocenters. The van der Waals surface area contributed by atoms with Gasteiger partial charge in [-0.1, -0.05) is 18.2 Å². The molecular weight excluding hydrogens is 368 g/mol. The average Bonchev–Trinajstić information content (AvgIpc) is 3.24. The number of aryl methyl sites for hydroxylation is 1. The van der Waals surface area contributed by atoms with Crippen molar-refractivity contribution in [3.63, 3.8) is 0 Å². The number of nitrogens with one attached hydrogen (secondary N) is 2. The van der Waals surface area contributed by atoms with Crippen molar-refractivity contribution < 1.29 is 18.0 Å². The number of sulfone groups is 1. The van der Waals surface area contributed by atoms with Gasteiger partial charge in [-0.2, -0.15) is 5.10 Å². The molecule has 1 aromatic carbocycles. The van der Waals surface area contributed by atoms with Gasteiger partial charge in [-0.15, -0.1) is 0 Å². The fourth-order valence-corrected chi connectivity index (χ4v) is 5.41. The van der Waals surface area contributed by atoms with Crippen LogP contribution in [0.4, 0.5) is 5.82 Å². The quantitative estimate of drug-likeness (QED) is 0.822. The number of nitrogens with zero attached hydrogens (tertiary/aromatic N) is 2. The van der Waals surface area contributed by atoms with Crippen LogP contribution >= 0.6 is 0 Å². The molecule has 1 saturated heterocycles. The summed E-state index contributed by atoms with van der Waals surface area (Å²) in [4.78, 5) is 24.6. The van der Waals surface area contributed by atoms with Crippen molar-refractivity contribution in [1.29, 1.82) is 0 Å². The monoisotopic (exact) mass is 388 g/mol. The third kappa shape index (κ3) is 3.46. The second-order valence-corrected chi connectivity index (χ2v) is 9.27. The van der Waals surface area contributed by atoms with Crippen LogP contribution in [0, 0.1) is 6.92 Å². The maximum Gasteiger partial charge on any atom is 0.252 e. The molecule has 0 bridgehead atoms. The summed E-state index contributed by atoms with van der Waals surface area (Å²) in [7, 11) is -3.06. The van der Waals surface area contributed by atoms with Gasteiger partial charge in [0.1, 0.15) is 5.82 Å². The predicted octanol–water partition coefficient (Wildman–Crippen LogP) is 1.36. The summed E-state index contributed by atoms with van der Waals surface area (Å²) in [6.45, 7) is 1.79. The predicted molar refractivity (Wildman–Crippen MR) is 99.2 cm³/mol. The first-order chi connectivity index (χ1) is 12.8. The SMILES string of the molecule is Cc1cc(NC(=O)CC2NC(=O)c3ccccc32)n(C2CCS(=O)(=O)C2)n1. The summed E-state index contributed by atoms with van der Waals surface area (Å²) in [6.07, 6.45) is 0.578. The summed E-state index contributed by atoms with van der Waals surface area (Å²) >= 11 is 0. The molecule has 4 rings (SSSR count). The highest BCUT2D eigenvalue weighted by Crippen LogP contribution is 2.29. The van der Waals surface area contributed by atoms with Gasteiger partial charge in [-0.3, -0.25) is 9.59 Å². The lowest BCUT2D eigenvalue weighted by Gasteiger charge is -2.15. The Bertz CT molecular complexity index is 1030. The zero-order chi connectivity index (χ0) is 19.2. The van der Waals surface area contributed by atoms with Crippen LogP contribution in [0.5, 0.6) is 0 Å². The number of fused-ring (bicyclic) bond motifs is 1. The van der Waals surface area contributed by atoms with E-state index in [1.165, 1.54) is 0 Å². The van der Waals surface area contributed by atoms with Crippen LogP contribution in [0.1, 0.15) is 46.5 Å². The Balaban J connectivity index is 1.49. The van der Waals surface area contributed by atoms with E-state index in [4.69, 9.17) is 0 Å². The molecule has 142 valence electrons. The number of amides is 2. The van der Waals surface area contributed by atoms with Gasteiger partial charge in [0.15, 0.2) is 9.84 Å². The molecule has 1 fully saturated rings. The van der Waals surface area contributed by atoms with Crippen LogP contribution in [-0.4, -0.2) is 41.5 Å². The van der Waals surface area contributed by atoms with Crippen molar-refractivity contribution in [2.24, 2.45) is 0 Å². The molecule has 8 nitrogen and oxygen atoms in total. The van der Waals surface area contributed by atoms with Gasteiger partial charge < -0.3 is 10.6 Å². The maximum atomic E-state index is 12.6. The Hall–Kier alpha value is -2.68. The molecular formula is C18H20N4O4S. The van der Waals surface area contributed by atoms with Crippen LogP contribution in [-0.2, 0) is 14.6 Å². The van der Waals surface area contributed by atoms with Crippen molar-refractivity contribution in [1.82, 2.24) is 15.1 Å². The molecule has 3 heterocycles. The minimum atomic E-state index is -3.06. The number of carbonyl (C=O) groups is 2. The topological polar surface area (TPSA) is 110 Å². The summed E-state index contributed by atoms with van der Waals surface area (Å²) < 4.78 is 25.1. The van der Waals surface area contributed by atoms with E-state index in [0.717, 1.165) is 5.56 Å². The highest BCUT2D eigenvalue weighted by atomic mass is 32.2. The fraction of sp³-hybridized carbons (Fsp3) is 0.389. The van der Waals surface area contributed by atoms with Crippen molar-refractivity contribution in [2.45, 2.75) is 31.8 Å². The van der Waals surface area contributed by atoms with Gasteiger partial charge in [0, 0.05) is 11.6 Å². The number of rotatable bonds is 4. The van der Waals surface area contributed by atoms with Gasteiger partial charge in [0.05, 0.1) is 35.7 Å². The fourth-order valence-electron chi connectivity index (χ4n) is 3.72. The third-order valence-corrected chi connectivity index (χ3v) is 6.71. The minimum absolute atomic E-state index is 0.0308. The van der Waals surface area contributed by atoms with Gasteiger partial charge in [0.2, 0.25) is 5.91 Å². The average molecular weight is 388 g/mol. The van der Waals surface area contributed by atoms with Crippen LogP contribution in [0.3, 0.4) is 0 Å². The van der Waals surface area contributed by atoms with Gasteiger partial charge in [0.25, 0.3) is 5.91 Å². The Kier molecular flexibility index (Phi) is 4.26. The first kappa shape index (κ1) is 17.7. The van der Waals surface area contributed by atoms with E-state index in [0.29, 0.717) is 23.5 Å². The first-order valence-corrected chi connectivity index (χ1v) is 10.6. The molecule has 2 aliphatic rings. The van der Waals surface area contributed by atoms with E-state index in [-0.39, 0.29) is 41.8 Å². The van der Waals surface area contributed by atoms with Crippen molar-refractivity contribution >= 4 is 27.5 Å². The van der Waals surface area contributed by atoms with Crippen LogP contribution in [0.2, 0.25) is 0 Å². The number of carbonyl (C=O) groups excluding carboxylic acids is 2. The Morgan fingerprint density at radius 3 is 2.89 bits per heavy atom. The molecule has 2 aromatic rings. The van der Waals surface area contributed by atoms with Crippen LogP contribution < -0.4 is 10.6 Å². The number of hydrogen-bond acceptors (Lipinski definition) is 5. The summed E-state index contributed by atoms with van der Waals surface area (Å²) in [5.41, 5.74) is 2.10. The van der Waals surface area contributed by atoms with E-state index in [9.17, 15) is 18.0 Å². The number of anilines is 1. The lowest BCUT2D eigenvalue weighted by Crippen LogP contribution is -2.25. The van der Waals surface area contributed by atoms with E-state index < -0.39 is 9.84 Å². The highest BCUT2D eigenvalue weighted by Gasteiger charge is 2.32. The van der Waals surface area contributed by atoms with Crippen molar-refractivity contribution in [3.8, 4) is 0 Å². The van der Waals surface area contributed by atoms with E-state index in [2.05, 4.69) is 15.7 Å². The molecule has 9 heteroatoms. The second-order valence-electron chi connectivity index (χ2n) is 7.04. The number of aromatic nitrogens is 2. The zero-order valence-corrected chi connectivity index (χ0v) is 15.6. The molecule has 2 aliphatic heterocycles. The van der Waals surface area contributed by atoms with E-state index in [1.54, 1.807) is 29.8 Å². The normalized spacial score (nSPS) is 23.1. The Morgan fingerprint density at radius 1 is 1.37 bits per heavy atom. The van der Waals surface area contributed by atoms with Gasteiger partial charge in [-0.05, 0) is 25.0 Å². The molecule has 0 radical (unpaired) electrons. The molecule has 2 N–H and O–H groups in total. The Labute approximate surface area is 156 Å². The van der Waals surface area contributed by atoms with Crippen molar-refractivity contribution in [2.75, 3.05) is 16.8 Å². The lowest BCUT2D eigenvalue weighted by molar-refractivity contribution is -0.116. The zero-order valence-electron chi connectivity index (χ0n) is 14.8. The molecule has 0 spiro atoms. The third-order valence-electron chi connectivity index (χ3n) is 4.96. The first-order valence-electron chi connectivity index (χ1n) is 8.78.